The van der Waals surface area contributed by atoms with Crippen LogP contribution in [0.2, 0.25) is 0 Å². The van der Waals surface area contributed by atoms with Crippen molar-refractivity contribution in [3.05, 3.63) is 314 Å². The van der Waals surface area contributed by atoms with Crippen LogP contribution in [0.25, 0.3) is 43.1 Å². The molecule has 0 radical (unpaired) electrons. The minimum atomic E-state index is -0.580. The highest BCUT2D eigenvalue weighted by Gasteiger charge is 2.39. The number of nitro groups is 4. The van der Waals surface area contributed by atoms with Gasteiger partial charge in [0.15, 0.2) is 0 Å². The molecule has 0 atom stereocenters. The van der Waals surface area contributed by atoms with Gasteiger partial charge in [0, 0.05) is 164 Å². The van der Waals surface area contributed by atoms with Gasteiger partial charge in [-0.25, -0.2) is 0 Å². The highest BCUT2D eigenvalue weighted by molar-refractivity contribution is 6.29. The van der Waals surface area contributed by atoms with Crippen molar-refractivity contribution >= 4 is 113 Å². The van der Waals surface area contributed by atoms with Gasteiger partial charge in [-0.15, -0.1) is 0 Å². The monoisotopic (exact) mass is 1490 g/mol. The molecule has 0 saturated heterocycles. The molecule has 111 heavy (non-hydrogen) atoms. The quantitative estimate of drug-likeness (QED) is 0.0189. The molecule has 28 heteroatoms. The third-order valence-corrected chi connectivity index (χ3v) is 20.4. The Labute approximate surface area is 632 Å². The summed E-state index contributed by atoms with van der Waals surface area (Å²) in [4.78, 5) is 164. The number of hydrogen-bond donors (Lipinski definition) is 1. The number of nitro benzene ring substituents is 4. The molecule has 4 aliphatic heterocycles. The molecule has 0 saturated carbocycles. The predicted octanol–water partition coefficient (Wildman–Crippen LogP) is 12.3. The molecule has 28 nitrogen and oxygen atoms in total. The second-order valence-corrected chi connectivity index (χ2v) is 27.4. The molecule has 11 aromatic rings. The summed E-state index contributed by atoms with van der Waals surface area (Å²) >= 11 is 0. The van der Waals surface area contributed by atoms with E-state index in [9.17, 15) is 78.8 Å². The number of imide groups is 4. The summed E-state index contributed by atoms with van der Waals surface area (Å²) in [5, 5.41) is 53.3. The Morgan fingerprint density at radius 1 is 0.270 bits per heavy atom. The Bertz CT molecular complexity index is 5490. The zero-order chi connectivity index (χ0) is 77.7. The first-order valence-electron chi connectivity index (χ1n) is 36.0. The summed E-state index contributed by atoms with van der Waals surface area (Å²) in [6, 6.07) is 59.5. The van der Waals surface area contributed by atoms with Crippen molar-refractivity contribution in [3.63, 3.8) is 0 Å². The van der Waals surface area contributed by atoms with Crippen molar-refractivity contribution in [3.8, 4) is 0 Å². The third kappa shape index (κ3) is 15.4. The molecule has 11 aromatic carbocycles. The van der Waals surface area contributed by atoms with Crippen LogP contribution in [0.4, 0.5) is 22.7 Å². The molecule has 0 aliphatic carbocycles. The Morgan fingerprint density at radius 2 is 0.523 bits per heavy atom. The van der Waals surface area contributed by atoms with Gasteiger partial charge in [0.1, 0.15) is 0 Å². The smallest absolute Gasteiger partial charge is 0.270 e. The number of carbonyl (C=O) groups is 8. The van der Waals surface area contributed by atoms with E-state index in [1.807, 2.05) is 91.0 Å². The summed E-state index contributed by atoms with van der Waals surface area (Å²) in [7, 11) is 0. The van der Waals surface area contributed by atoms with E-state index in [0.29, 0.717) is 150 Å². The Kier molecular flexibility index (Phi) is 21.5. The van der Waals surface area contributed by atoms with Crippen molar-refractivity contribution in [1.29, 1.82) is 0 Å². The second-order valence-electron chi connectivity index (χ2n) is 27.4. The zero-order valence-corrected chi connectivity index (χ0v) is 59.7. The van der Waals surface area contributed by atoms with Gasteiger partial charge in [0.05, 0.1) is 41.9 Å². The fraction of sp³-hybridized carbons (Fsp3) is 0.205. The first-order valence-corrected chi connectivity index (χ1v) is 36.0. The fourth-order valence-corrected chi connectivity index (χ4v) is 15.1. The molecule has 0 fully saturated rings. The number of rotatable bonds is 30. The predicted molar refractivity (Wildman–Crippen MR) is 411 cm³/mol. The molecule has 558 valence electrons. The molecule has 4 aliphatic rings. The van der Waals surface area contributed by atoms with Crippen molar-refractivity contribution in [2.75, 3.05) is 78.5 Å². The van der Waals surface area contributed by atoms with Gasteiger partial charge in [0.25, 0.3) is 70.0 Å². The third-order valence-electron chi connectivity index (χ3n) is 20.4. The van der Waals surface area contributed by atoms with E-state index < -0.39 is 67.0 Å². The zero-order valence-electron chi connectivity index (χ0n) is 59.7. The molecule has 4 heterocycles. The van der Waals surface area contributed by atoms with Gasteiger partial charge in [-0.2, -0.15) is 0 Å². The topological polar surface area (TPSA) is 344 Å². The molecule has 1 N–H and O–H groups in total. The number of nitrogens with zero attached hydrogens (tertiary/aromatic N) is 11. The number of hydrogen-bond acceptors (Lipinski definition) is 20. The van der Waals surface area contributed by atoms with Crippen molar-refractivity contribution in [1.82, 2.24) is 39.6 Å². The Hall–Kier alpha value is -13.5. The first-order chi connectivity index (χ1) is 53.7. The maximum absolute atomic E-state index is 13.8. The lowest BCUT2D eigenvalue weighted by Gasteiger charge is -2.31. The second kappa shape index (κ2) is 32.1. The van der Waals surface area contributed by atoms with Gasteiger partial charge in [-0.05, 0) is 102 Å². The summed E-state index contributed by atoms with van der Waals surface area (Å²) < 4.78 is 0. The Balaban J connectivity index is 0.000000186. The van der Waals surface area contributed by atoms with Crippen LogP contribution in [-0.2, 0) is 19.6 Å². The van der Waals surface area contributed by atoms with Crippen LogP contribution in [-0.4, -0.2) is 180 Å². The van der Waals surface area contributed by atoms with Gasteiger partial charge in [-0.1, -0.05) is 140 Å². The minimum absolute atomic E-state index is 0.0579. The van der Waals surface area contributed by atoms with Gasteiger partial charge >= 0.3 is 0 Å². The maximum Gasteiger partial charge on any atom is 0.270 e. The van der Waals surface area contributed by atoms with Gasteiger partial charge < -0.3 is 5.32 Å². The number of carbonyl (C=O) groups excluding carboxylic acids is 8. The van der Waals surface area contributed by atoms with Crippen LogP contribution < -0.4 is 5.32 Å². The van der Waals surface area contributed by atoms with Gasteiger partial charge in [-0.3, -0.25) is 113 Å². The average molecular weight is 1490 g/mol. The highest BCUT2D eigenvalue weighted by atomic mass is 16.6. The fourth-order valence-electron chi connectivity index (χ4n) is 15.1. The maximum atomic E-state index is 13.8. The first kappa shape index (κ1) is 74.3. The Morgan fingerprint density at radius 3 is 0.793 bits per heavy atom. The molecule has 0 bridgehead atoms. The highest BCUT2D eigenvalue weighted by Crippen LogP contribution is 2.39. The van der Waals surface area contributed by atoms with Crippen molar-refractivity contribution in [2.24, 2.45) is 0 Å². The molecule has 15 rings (SSSR count). The molecular formula is C83H70N12O16. The average Bonchev–Trinajstić information content (AvgIpc) is 0.762. The number of amides is 8. The van der Waals surface area contributed by atoms with E-state index in [1.165, 1.54) is 58.3 Å². The summed E-state index contributed by atoms with van der Waals surface area (Å²) in [6.45, 7) is 5.40. The summed E-state index contributed by atoms with van der Waals surface area (Å²) in [6.07, 6.45) is 1.30. The molecule has 0 aromatic heterocycles. The summed E-state index contributed by atoms with van der Waals surface area (Å²) in [5.41, 5.74) is 4.01. The molecular weight excluding hydrogens is 1420 g/mol. The normalized spacial score (nSPS) is 13.8. The van der Waals surface area contributed by atoms with Crippen LogP contribution in [0.15, 0.2) is 212 Å². The summed E-state index contributed by atoms with van der Waals surface area (Å²) in [5.74, 6) is -4.12. The lowest BCUT2D eigenvalue weighted by Crippen LogP contribution is -2.45. The van der Waals surface area contributed by atoms with Crippen LogP contribution in [0.5, 0.6) is 0 Å². The van der Waals surface area contributed by atoms with Crippen LogP contribution >= 0.6 is 0 Å². The van der Waals surface area contributed by atoms with E-state index in [2.05, 4.69) is 20.0 Å². The molecule has 8 amide bonds. The van der Waals surface area contributed by atoms with Crippen LogP contribution in [0, 0.1) is 40.5 Å². The number of benzene rings is 11. The van der Waals surface area contributed by atoms with Crippen LogP contribution in [0.1, 0.15) is 112 Å². The van der Waals surface area contributed by atoms with Gasteiger partial charge in [0.2, 0.25) is 0 Å². The van der Waals surface area contributed by atoms with E-state index in [0.717, 1.165) is 26.5 Å². The van der Waals surface area contributed by atoms with E-state index in [-0.39, 0.29) is 71.2 Å². The van der Waals surface area contributed by atoms with E-state index >= 15 is 0 Å². The van der Waals surface area contributed by atoms with E-state index in [4.69, 9.17) is 0 Å². The lowest BCUT2D eigenvalue weighted by molar-refractivity contribution is -0.384. The van der Waals surface area contributed by atoms with Crippen LogP contribution in [0.3, 0.4) is 0 Å². The van der Waals surface area contributed by atoms with Crippen molar-refractivity contribution in [2.45, 2.75) is 32.5 Å². The standard InChI is InChI=1S/C45H38N6O8.C38H32N6O8/c52-42-36-16-7-14-32-24-34(50(56)57)26-38(40(32)36)44(54)48(42)22-20-46(28-30-10-3-1-4-11-30)18-9-19-47(29-31-12-5-2-6-13-31)21-23-49-43(53)37-17-8-15-33-25-35(51(58)59)27-39(41(33)37)45(49)55;45-35-29-11-4-9-25-19-27(43(49)50)21-31(33(25)29)37(47)41(35)16-14-39-13-6-15-40(23-24-7-2-1-3-8-24)17-18-42-36(46)30-12-5-10-26-20-28(44(51)52)22-32(34(26)30)38(42)48/h1-8,10-17,24-27H,9,18-23,28-29H2;1-5,7-12,19-22,39H,6,13-18,23H2. The van der Waals surface area contributed by atoms with Crippen molar-refractivity contribution < 1.29 is 58.0 Å². The largest absolute Gasteiger partial charge is 0.315 e. The minimum Gasteiger partial charge on any atom is -0.315 e. The van der Waals surface area contributed by atoms with E-state index in [1.54, 1.807) is 72.8 Å². The number of non-ortho nitro benzene ring substituents is 4. The number of nitrogens with one attached hydrogen (secondary N) is 1. The lowest BCUT2D eigenvalue weighted by atomic mass is 9.93. The molecule has 0 spiro atoms. The SMILES string of the molecule is O=C1c2cccc3cc([N+](=O)[O-])cc(c23)C(=O)N1CCN(CCCN(CCN1C(=O)c2cccc3cc([N+](=O)[O-])cc(c23)C1=O)Cc1ccccc1)Cc1ccccc1.O=C1c2cccc3cc([N+](=O)[O-])cc(c23)C(=O)N1CCNCCCN(CCN1C(=O)c2cccc3cc([N+](=O)[O-])cc(c23)C1=O)Cc1ccccc1. The molecule has 0 unspecified atom stereocenters.